The Morgan fingerprint density at radius 1 is 1.12 bits per heavy atom. The zero-order valence-electron chi connectivity index (χ0n) is 19.6. The van der Waals surface area contributed by atoms with Gasteiger partial charge in [-0.3, -0.25) is 4.18 Å². The van der Waals surface area contributed by atoms with Crippen LogP contribution in [0.5, 0.6) is 0 Å². The van der Waals surface area contributed by atoms with E-state index in [-0.39, 0.29) is 21.5 Å². The molecule has 0 amide bonds. The fourth-order valence-electron chi connectivity index (χ4n) is 4.40. The van der Waals surface area contributed by atoms with Crippen LogP contribution in [0.2, 0.25) is 0 Å². The SMILES string of the molecule is CC(C)=CCC=C(C)[C@H]1CC2(CC[C@]1(O)COS(=O)(=O)c1ccc(C)cc1)SCCCS2. The average Bonchev–Trinajstić information content (AvgIpc) is 2.75. The zero-order chi connectivity index (χ0) is 23.4. The normalized spacial score (nSPS) is 26.2. The molecule has 1 aliphatic carbocycles. The Kier molecular flexibility index (Phi) is 8.64. The highest BCUT2D eigenvalue weighted by molar-refractivity contribution is 8.18. The molecule has 2 aliphatic rings. The van der Waals surface area contributed by atoms with Gasteiger partial charge in [0.15, 0.2) is 0 Å². The third-order valence-corrected chi connectivity index (χ3v) is 11.2. The summed E-state index contributed by atoms with van der Waals surface area (Å²) in [5.41, 5.74) is 2.16. The van der Waals surface area contributed by atoms with E-state index >= 15 is 0 Å². The van der Waals surface area contributed by atoms with Gasteiger partial charge in [0.2, 0.25) is 0 Å². The Labute approximate surface area is 202 Å². The quantitative estimate of drug-likeness (QED) is 0.363. The lowest BCUT2D eigenvalue weighted by atomic mass is 9.71. The number of hydrogen-bond acceptors (Lipinski definition) is 6. The van der Waals surface area contributed by atoms with Crippen molar-refractivity contribution in [1.29, 1.82) is 0 Å². The van der Waals surface area contributed by atoms with Crippen LogP contribution in [-0.4, -0.2) is 41.3 Å². The van der Waals surface area contributed by atoms with Gasteiger partial charge in [-0.05, 0) is 83.4 Å². The van der Waals surface area contributed by atoms with Crippen molar-refractivity contribution in [3.05, 3.63) is 53.1 Å². The molecular formula is C25H36O4S3. The number of benzene rings is 1. The first-order valence-electron chi connectivity index (χ1n) is 11.3. The van der Waals surface area contributed by atoms with Crippen LogP contribution in [0.1, 0.15) is 58.4 Å². The maximum Gasteiger partial charge on any atom is 0.297 e. The van der Waals surface area contributed by atoms with Crippen LogP contribution in [0, 0.1) is 12.8 Å². The molecular weight excluding hydrogens is 460 g/mol. The summed E-state index contributed by atoms with van der Waals surface area (Å²) in [7, 11) is -3.92. The van der Waals surface area contributed by atoms with E-state index in [4.69, 9.17) is 4.18 Å². The molecule has 1 aromatic rings. The van der Waals surface area contributed by atoms with E-state index in [0.717, 1.165) is 41.9 Å². The molecule has 3 rings (SSSR count). The highest BCUT2D eigenvalue weighted by Crippen LogP contribution is 2.56. The third kappa shape index (κ3) is 6.44. The molecule has 4 nitrogen and oxygen atoms in total. The molecule has 32 heavy (non-hydrogen) atoms. The zero-order valence-corrected chi connectivity index (χ0v) is 22.0. The molecule has 178 valence electrons. The Morgan fingerprint density at radius 2 is 1.78 bits per heavy atom. The lowest BCUT2D eigenvalue weighted by Gasteiger charge is -2.50. The van der Waals surface area contributed by atoms with E-state index in [1.807, 2.05) is 30.4 Å². The molecule has 1 heterocycles. The van der Waals surface area contributed by atoms with Crippen molar-refractivity contribution in [2.75, 3.05) is 18.1 Å². The van der Waals surface area contributed by atoms with Gasteiger partial charge in [-0.15, -0.1) is 23.5 Å². The van der Waals surface area contributed by atoms with Gasteiger partial charge in [0.25, 0.3) is 10.1 Å². The van der Waals surface area contributed by atoms with E-state index in [2.05, 4.69) is 32.9 Å². The van der Waals surface area contributed by atoms with Crippen molar-refractivity contribution in [3.63, 3.8) is 0 Å². The second kappa shape index (κ2) is 10.7. The predicted molar refractivity (Wildman–Crippen MR) is 137 cm³/mol. The molecule has 0 bridgehead atoms. The largest absolute Gasteiger partial charge is 0.387 e. The van der Waals surface area contributed by atoms with Gasteiger partial charge in [0.05, 0.1) is 21.2 Å². The Hall–Kier alpha value is -0.730. The summed E-state index contributed by atoms with van der Waals surface area (Å²) < 4.78 is 31.1. The van der Waals surface area contributed by atoms with E-state index in [0.29, 0.717) is 6.42 Å². The smallest absolute Gasteiger partial charge is 0.297 e. The second-order valence-electron chi connectivity index (χ2n) is 9.32. The highest BCUT2D eigenvalue weighted by atomic mass is 32.2. The summed E-state index contributed by atoms with van der Waals surface area (Å²) in [4.78, 5) is 0.129. The first-order chi connectivity index (χ1) is 15.1. The maximum absolute atomic E-state index is 12.8. The Bertz CT molecular complexity index is 940. The average molecular weight is 497 g/mol. The first kappa shape index (κ1) is 25.9. The van der Waals surface area contributed by atoms with E-state index in [1.54, 1.807) is 24.3 Å². The molecule has 2 fully saturated rings. The molecule has 1 saturated carbocycles. The van der Waals surface area contributed by atoms with E-state index in [1.165, 1.54) is 12.0 Å². The highest BCUT2D eigenvalue weighted by Gasteiger charge is 2.50. The minimum atomic E-state index is -3.92. The molecule has 0 unspecified atom stereocenters. The second-order valence-corrected chi connectivity index (χ2v) is 14.1. The Morgan fingerprint density at radius 3 is 2.41 bits per heavy atom. The van der Waals surface area contributed by atoms with Crippen molar-refractivity contribution >= 4 is 33.6 Å². The molecule has 2 atom stereocenters. The minimum Gasteiger partial charge on any atom is -0.387 e. The molecule has 1 aromatic carbocycles. The summed E-state index contributed by atoms with van der Waals surface area (Å²) in [6.07, 6.45) is 8.62. The summed E-state index contributed by atoms with van der Waals surface area (Å²) in [5.74, 6) is 2.17. The summed E-state index contributed by atoms with van der Waals surface area (Å²) in [6.45, 7) is 7.92. The van der Waals surface area contributed by atoms with Crippen LogP contribution in [0.3, 0.4) is 0 Å². The van der Waals surface area contributed by atoms with Gasteiger partial charge in [-0.25, -0.2) is 0 Å². The van der Waals surface area contributed by atoms with Crippen molar-refractivity contribution in [1.82, 2.24) is 0 Å². The molecule has 0 radical (unpaired) electrons. The van der Waals surface area contributed by atoms with Crippen LogP contribution in [0.4, 0.5) is 0 Å². The predicted octanol–water partition coefficient (Wildman–Crippen LogP) is 6.10. The van der Waals surface area contributed by atoms with Gasteiger partial charge in [0, 0.05) is 5.92 Å². The lowest BCUT2D eigenvalue weighted by molar-refractivity contribution is -0.0658. The van der Waals surface area contributed by atoms with Gasteiger partial charge in [-0.2, -0.15) is 8.42 Å². The van der Waals surface area contributed by atoms with Gasteiger partial charge < -0.3 is 5.11 Å². The topological polar surface area (TPSA) is 63.6 Å². The van der Waals surface area contributed by atoms with Crippen molar-refractivity contribution in [2.24, 2.45) is 5.92 Å². The number of rotatable bonds is 7. The third-order valence-electron chi connectivity index (χ3n) is 6.41. The molecule has 1 spiro atoms. The van der Waals surface area contributed by atoms with Gasteiger partial charge >= 0.3 is 0 Å². The lowest BCUT2D eigenvalue weighted by Crippen LogP contribution is -2.51. The minimum absolute atomic E-state index is 0.108. The molecule has 1 saturated heterocycles. The summed E-state index contributed by atoms with van der Waals surface area (Å²) in [5, 5.41) is 11.7. The molecule has 1 N–H and O–H groups in total. The summed E-state index contributed by atoms with van der Waals surface area (Å²) >= 11 is 4.03. The number of aryl methyl sites for hydroxylation is 1. The van der Waals surface area contributed by atoms with Gasteiger partial charge in [-0.1, -0.05) is 41.0 Å². The fourth-order valence-corrected chi connectivity index (χ4v) is 8.76. The molecule has 0 aromatic heterocycles. The van der Waals surface area contributed by atoms with Crippen LogP contribution in [-0.2, 0) is 14.3 Å². The van der Waals surface area contributed by atoms with Crippen molar-refractivity contribution < 1.29 is 17.7 Å². The van der Waals surface area contributed by atoms with Crippen LogP contribution >= 0.6 is 23.5 Å². The fraction of sp³-hybridized carbons (Fsp3) is 0.600. The Balaban J connectivity index is 1.82. The van der Waals surface area contributed by atoms with Crippen LogP contribution in [0.25, 0.3) is 0 Å². The van der Waals surface area contributed by atoms with Crippen molar-refractivity contribution in [3.8, 4) is 0 Å². The summed E-state index contributed by atoms with van der Waals surface area (Å²) in [6, 6.07) is 6.63. The monoisotopic (exact) mass is 496 g/mol. The first-order valence-corrected chi connectivity index (χ1v) is 14.7. The number of thioether (sulfide) groups is 2. The van der Waals surface area contributed by atoms with Crippen molar-refractivity contribution in [2.45, 2.75) is 74.4 Å². The van der Waals surface area contributed by atoms with Gasteiger partial charge in [0.1, 0.15) is 0 Å². The van der Waals surface area contributed by atoms with E-state index < -0.39 is 15.7 Å². The van der Waals surface area contributed by atoms with Crippen LogP contribution < -0.4 is 0 Å². The number of aliphatic hydroxyl groups is 1. The maximum atomic E-state index is 12.8. The number of hydrogen-bond donors (Lipinski definition) is 1. The number of allylic oxidation sites excluding steroid dienone is 3. The molecule has 7 heteroatoms. The van der Waals surface area contributed by atoms with Crippen LogP contribution in [0.15, 0.2) is 52.5 Å². The molecule has 1 aliphatic heterocycles. The standard InChI is InChI=1S/C25H36O4S3/c1-19(2)7-5-8-21(4)23-17-25(30-15-6-16-31-25)14-13-24(23,26)18-29-32(27,28)22-11-9-20(3)10-12-22/h7-12,23,26H,5-6,13-18H2,1-4H3/t23-,24+/m1/s1. The van der Waals surface area contributed by atoms with E-state index in [9.17, 15) is 13.5 Å².